The smallest absolute Gasteiger partial charge is 0.407 e. The Morgan fingerprint density at radius 3 is 2.14 bits per heavy atom. The number of nitrogens with zero attached hydrogens (tertiary/aromatic N) is 3. The number of methoxy groups -OCH3 is 1. The molecular weight excluding hydrogens is 370 g/mol. The fraction of sp³-hybridized carbons (Fsp3) is 0.524. The van der Waals surface area contributed by atoms with Gasteiger partial charge in [0.15, 0.2) is 0 Å². The van der Waals surface area contributed by atoms with Gasteiger partial charge in [-0.2, -0.15) is 0 Å². The zero-order chi connectivity index (χ0) is 20.9. The standard InChI is InChI=1S/C21H29N5O3/c1-21(2,3)29-20(27)26-17-8-6-16(7-9-17)25-18-10-5-14(11-22-18)15-12-23-19(28-4)24-13-15/h5,10-13,16-17H,6-9H2,1-4H3,(H,22,25)(H,26,27)/t16-,17-. The van der Waals surface area contributed by atoms with Gasteiger partial charge in [0, 0.05) is 41.8 Å². The summed E-state index contributed by atoms with van der Waals surface area (Å²) in [6.45, 7) is 5.61. The summed E-state index contributed by atoms with van der Waals surface area (Å²) < 4.78 is 10.3. The molecule has 29 heavy (non-hydrogen) atoms. The molecule has 0 spiro atoms. The number of carbonyl (C=O) groups is 1. The number of rotatable bonds is 5. The Labute approximate surface area is 171 Å². The van der Waals surface area contributed by atoms with Crippen LogP contribution in [0.2, 0.25) is 0 Å². The van der Waals surface area contributed by atoms with Crippen LogP contribution in [0.3, 0.4) is 0 Å². The van der Waals surface area contributed by atoms with Crippen molar-refractivity contribution >= 4 is 11.9 Å². The number of alkyl carbamates (subject to hydrolysis) is 1. The van der Waals surface area contributed by atoms with E-state index in [-0.39, 0.29) is 12.1 Å². The van der Waals surface area contributed by atoms with Crippen molar-refractivity contribution in [3.8, 4) is 17.1 Å². The Morgan fingerprint density at radius 1 is 0.966 bits per heavy atom. The van der Waals surface area contributed by atoms with Crippen LogP contribution in [0.1, 0.15) is 46.5 Å². The van der Waals surface area contributed by atoms with Crippen molar-refractivity contribution in [3.05, 3.63) is 30.7 Å². The molecule has 8 nitrogen and oxygen atoms in total. The number of carbonyl (C=O) groups excluding carboxylic acids is 1. The van der Waals surface area contributed by atoms with Crippen LogP contribution in [0.5, 0.6) is 6.01 Å². The van der Waals surface area contributed by atoms with E-state index in [4.69, 9.17) is 9.47 Å². The highest BCUT2D eigenvalue weighted by Gasteiger charge is 2.24. The molecule has 2 aromatic heterocycles. The van der Waals surface area contributed by atoms with Gasteiger partial charge in [-0.1, -0.05) is 0 Å². The summed E-state index contributed by atoms with van der Waals surface area (Å²) in [6.07, 6.45) is 8.67. The number of aromatic nitrogens is 3. The van der Waals surface area contributed by atoms with E-state index < -0.39 is 5.60 Å². The van der Waals surface area contributed by atoms with Gasteiger partial charge in [0.1, 0.15) is 11.4 Å². The predicted octanol–water partition coefficient (Wildman–Crippen LogP) is 3.80. The van der Waals surface area contributed by atoms with Crippen LogP contribution in [-0.2, 0) is 4.74 Å². The van der Waals surface area contributed by atoms with Crippen molar-refractivity contribution in [2.75, 3.05) is 12.4 Å². The minimum atomic E-state index is -0.474. The van der Waals surface area contributed by atoms with Crippen LogP contribution in [0.25, 0.3) is 11.1 Å². The summed E-state index contributed by atoms with van der Waals surface area (Å²) >= 11 is 0. The second-order valence-corrected chi connectivity index (χ2v) is 8.23. The average molecular weight is 399 g/mol. The minimum Gasteiger partial charge on any atom is -0.467 e. The number of anilines is 1. The van der Waals surface area contributed by atoms with Gasteiger partial charge >= 0.3 is 12.1 Å². The third-order valence-corrected chi connectivity index (χ3v) is 4.71. The van der Waals surface area contributed by atoms with E-state index in [1.807, 2.05) is 39.1 Å². The van der Waals surface area contributed by atoms with E-state index >= 15 is 0 Å². The Bertz CT molecular complexity index is 795. The van der Waals surface area contributed by atoms with Crippen LogP contribution in [-0.4, -0.2) is 45.8 Å². The van der Waals surface area contributed by atoms with E-state index in [1.165, 1.54) is 7.11 Å². The minimum absolute atomic E-state index is 0.160. The Balaban J connectivity index is 1.47. The van der Waals surface area contributed by atoms with Crippen molar-refractivity contribution in [3.63, 3.8) is 0 Å². The maximum absolute atomic E-state index is 11.9. The van der Waals surface area contributed by atoms with Crippen LogP contribution < -0.4 is 15.4 Å². The van der Waals surface area contributed by atoms with Gasteiger partial charge in [-0.3, -0.25) is 0 Å². The second-order valence-electron chi connectivity index (χ2n) is 8.23. The summed E-state index contributed by atoms with van der Waals surface area (Å²) in [7, 11) is 1.54. The molecule has 0 aromatic carbocycles. The van der Waals surface area contributed by atoms with Gasteiger partial charge in [-0.15, -0.1) is 0 Å². The molecule has 1 aliphatic rings. The van der Waals surface area contributed by atoms with Crippen molar-refractivity contribution < 1.29 is 14.3 Å². The first-order valence-corrected chi connectivity index (χ1v) is 9.91. The third-order valence-electron chi connectivity index (χ3n) is 4.71. The lowest BCUT2D eigenvalue weighted by atomic mass is 9.91. The summed E-state index contributed by atoms with van der Waals surface area (Å²) in [6, 6.07) is 4.81. The highest BCUT2D eigenvalue weighted by molar-refractivity contribution is 5.68. The first-order valence-electron chi connectivity index (χ1n) is 9.91. The molecular formula is C21H29N5O3. The highest BCUT2D eigenvalue weighted by atomic mass is 16.6. The number of pyridine rings is 1. The van der Waals surface area contributed by atoms with Gasteiger partial charge < -0.3 is 20.1 Å². The molecule has 156 valence electrons. The largest absolute Gasteiger partial charge is 0.467 e. The fourth-order valence-corrected chi connectivity index (χ4v) is 3.29. The number of amides is 1. The lowest BCUT2D eigenvalue weighted by Gasteiger charge is -2.30. The number of hydrogen-bond donors (Lipinski definition) is 2. The lowest BCUT2D eigenvalue weighted by Crippen LogP contribution is -2.42. The third kappa shape index (κ3) is 6.30. The fourth-order valence-electron chi connectivity index (χ4n) is 3.29. The summed E-state index contributed by atoms with van der Waals surface area (Å²) in [5, 5.41) is 6.45. The summed E-state index contributed by atoms with van der Waals surface area (Å²) in [5.74, 6) is 0.840. The number of nitrogens with one attached hydrogen (secondary N) is 2. The number of hydrogen-bond acceptors (Lipinski definition) is 7. The summed E-state index contributed by atoms with van der Waals surface area (Å²) in [4.78, 5) is 24.7. The molecule has 1 aliphatic carbocycles. The Hall–Kier alpha value is -2.90. The Kier molecular flexibility index (Phi) is 6.51. The molecule has 3 rings (SSSR count). The molecule has 8 heteroatoms. The molecule has 0 radical (unpaired) electrons. The SMILES string of the molecule is COc1ncc(-c2ccc(N[C@H]3CC[C@H](NC(=O)OC(C)(C)C)CC3)nc2)cn1. The molecule has 1 amide bonds. The van der Waals surface area contributed by atoms with E-state index in [0.29, 0.717) is 12.1 Å². The first kappa shape index (κ1) is 20.8. The lowest BCUT2D eigenvalue weighted by molar-refractivity contribution is 0.0492. The van der Waals surface area contributed by atoms with E-state index in [1.54, 1.807) is 12.4 Å². The van der Waals surface area contributed by atoms with Gasteiger partial charge in [0.05, 0.1) is 7.11 Å². The van der Waals surface area contributed by atoms with E-state index in [0.717, 1.165) is 42.6 Å². The zero-order valence-corrected chi connectivity index (χ0v) is 17.4. The molecule has 0 saturated heterocycles. The highest BCUT2D eigenvalue weighted by Crippen LogP contribution is 2.24. The van der Waals surface area contributed by atoms with Crippen LogP contribution in [0.15, 0.2) is 30.7 Å². The maximum Gasteiger partial charge on any atom is 0.407 e. The first-order chi connectivity index (χ1) is 13.8. The van der Waals surface area contributed by atoms with Crippen molar-refractivity contribution in [1.29, 1.82) is 0 Å². The summed E-state index contributed by atoms with van der Waals surface area (Å²) in [5.41, 5.74) is 1.36. The topological polar surface area (TPSA) is 98.3 Å². The van der Waals surface area contributed by atoms with Gasteiger partial charge in [-0.05, 0) is 58.6 Å². The predicted molar refractivity (Wildman–Crippen MR) is 111 cm³/mol. The molecule has 0 unspecified atom stereocenters. The van der Waals surface area contributed by atoms with Crippen LogP contribution in [0, 0.1) is 0 Å². The molecule has 1 saturated carbocycles. The Morgan fingerprint density at radius 2 is 1.59 bits per heavy atom. The van der Waals surface area contributed by atoms with Crippen molar-refractivity contribution in [2.45, 2.75) is 64.1 Å². The molecule has 1 fully saturated rings. The molecule has 2 N–H and O–H groups in total. The van der Waals surface area contributed by atoms with Crippen LogP contribution in [0.4, 0.5) is 10.6 Å². The van der Waals surface area contributed by atoms with Crippen molar-refractivity contribution in [2.24, 2.45) is 0 Å². The normalized spacial score (nSPS) is 19.3. The second kappa shape index (κ2) is 9.07. The monoisotopic (exact) mass is 399 g/mol. The van der Waals surface area contributed by atoms with Crippen LogP contribution >= 0.6 is 0 Å². The van der Waals surface area contributed by atoms with E-state index in [2.05, 4.69) is 25.6 Å². The molecule has 0 aliphatic heterocycles. The molecule has 0 atom stereocenters. The van der Waals surface area contributed by atoms with E-state index in [9.17, 15) is 4.79 Å². The molecule has 0 bridgehead atoms. The quantitative estimate of drug-likeness (QED) is 0.789. The van der Waals surface area contributed by atoms with Crippen molar-refractivity contribution in [1.82, 2.24) is 20.3 Å². The molecule has 2 aromatic rings. The average Bonchev–Trinajstić information content (AvgIpc) is 2.69. The molecule has 2 heterocycles. The number of ether oxygens (including phenoxy) is 2. The van der Waals surface area contributed by atoms with Gasteiger partial charge in [0.2, 0.25) is 0 Å². The maximum atomic E-state index is 11.9. The zero-order valence-electron chi connectivity index (χ0n) is 17.4. The van der Waals surface area contributed by atoms with Gasteiger partial charge in [-0.25, -0.2) is 19.7 Å². The van der Waals surface area contributed by atoms with Gasteiger partial charge in [0.25, 0.3) is 0 Å².